The molecule has 1 aromatic carbocycles. The lowest BCUT2D eigenvalue weighted by molar-refractivity contribution is -0.284. The zero-order valence-corrected chi connectivity index (χ0v) is 62.4. The molecule has 5 aliphatic rings. The number of amides is 4. The Kier molecular flexibility index (Phi) is 41.6. The summed E-state index contributed by atoms with van der Waals surface area (Å²) in [6, 6.07) is 5.14. The lowest BCUT2D eigenvalue weighted by Crippen LogP contribution is -2.55. The number of carbonyl (C=O) groups is 5. The second-order valence-corrected chi connectivity index (χ2v) is 26.8. The van der Waals surface area contributed by atoms with Crippen molar-refractivity contribution in [3.05, 3.63) is 40.1 Å². The molecule has 0 bridgehead atoms. The van der Waals surface area contributed by atoms with Crippen molar-refractivity contribution in [1.29, 1.82) is 0 Å². The maximum absolute atomic E-state index is 14.2. The molecule has 4 amide bonds. The fourth-order valence-electron chi connectivity index (χ4n) is 12.1. The molecule has 4 aliphatic heterocycles. The number of Topliss-reactive ketones (excluding diaryl/α,β-unsaturated/α-hetero) is 1. The zero-order valence-electron chi connectivity index (χ0n) is 62.4. The van der Waals surface area contributed by atoms with Gasteiger partial charge in [-0.15, -0.1) is 0 Å². The summed E-state index contributed by atoms with van der Waals surface area (Å²) in [4.78, 5) is 79.4. The number of hydrogen-bond acceptors (Lipinski definition) is 33. The van der Waals surface area contributed by atoms with Crippen LogP contribution in [0.15, 0.2) is 33.5 Å². The first-order chi connectivity index (χ1) is 52.4. The van der Waals surface area contributed by atoms with E-state index in [1.54, 1.807) is 20.8 Å². The van der Waals surface area contributed by atoms with Crippen LogP contribution in [-0.2, 0) is 101 Å². The number of nitrogens with one attached hydrogen (secondary N) is 4. The van der Waals surface area contributed by atoms with Gasteiger partial charge in [0.1, 0.15) is 30.5 Å². The van der Waals surface area contributed by atoms with E-state index in [4.69, 9.17) is 75.5 Å². The Bertz CT molecular complexity index is 3000. The number of aromatic hydroxyl groups is 3. The number of fused-ring (bicyclic) bond motifs is 2. The number of phenolic OH excluding ortho intramolecular Hbond substituents is 3. The Hall–Kier alpha value is -6.06. The molecule has 620 valence electrons. The lowest BCUT2D eigenvalue weighted by Gasteiger charge is -2.41. The van der Waals surface area contributed by atoms with Crippen LogP contribution in [0.25, 0.3) is 22.3 Å². The Morgan fingerprint density at radius 1 is 0.450 bits per heavy atom. The highest BCUT2D eigenvalue weighted by molar-refractivity contribution is 5.94. The van der Waals surface area contributed by atoms with Crippen LogP contribution in [0.4, 0.5) is 0 Å². The molecule has 2 unspecified atom stereocenters. The van der Waals surface area contributed by atoms with Gasteiger partial charge in [-0.3, -0.25) is 28.8 Å². The fourth-order valence-corrected chi connectivity index (χ4v) is 12.1. The average Bonchev–Trinajstić information content (AvgIpc) is 0.751. The molecular formula is C72H114N4O33. The van der Waals surface area contributed by atoms with Gasteiger partial charge in [0.2, 0.25) is 40.6 Å². The summed E-state index contributed by atoms with van der Waals surface area (Å²) in [5.74, 6) is -6.16. The van der Waals surface area contributed by atoms with Crippen LogP contribution in [-0.4, -0.2) is 338 Å². The molecule has 15 N–H and O–H groups in total. The van der Waals surface area contributed by atoms with Crippen molar-refractivity contribution in [2.75, 3.05) is 178 Å². The van der Waals surface area contributed by atoms with Crippen LogP contribution in [0.5, 0.6) is 17.2 Å². The molecule has 1 aliphatic carbocycles. The normalized spacial score (nSPS) is 24.9. The van der Waals surface area contributed by atoms with Gasteiger partial charge in [0.15, 0.2) is 41.7 Å². The van der Waals surface area contributed by atoms with E-state index < -0.39 is 169 Å². The van der Waals surface area contributed by atoms with E-state index in [1.165, 1.54) is 18.2 Å². The average molecular weight is 1560 g/mol. The SMILES string of the molecule is CC[C@H]1O[C@@H](OCCOCCOCCNC(=O)CCOCC(COCCC(=O)NCCOCCOCCOC2O[C@H](CO)[C@H](O)[C@H](O)[C@H]2C)(COCCC(=O)NCCOCCOCCO[C@@H]2O[C@H](CO)[C@H](O)[C@H](O)[C@H]2C)CC(=O)CNC(=O)CCc2c3ccc(=O)c(O)c-3oc3c(O)c(O)ccc23)[C@H](C)[C@@H](O)[C@H]1O. The van der Waals surface area contributed by atoms with Gasteiger partial charge in [-0.1, -0.05) is 27.7 Å². The van der Waals surface area contributed by atoms with Crippen LogP contribution in [0.3, 0.4) is 0 Å². The van der Waals surface area contributed by atoms with Gasteiger partial charge in [0.25, 0.3) is 0 Å². The van der Waals surface area contributed by atoms with E-state index in [9.17, 15) is 84.9 Å². The summed E-state index contributed by atoms with van der Waals surface area (Å²) in [5, 5.41) is 123. The number of phenols is 3. The van der Waals surface area contributed by atoms with Crippen LogP contribution in [0.1, 0.15) is 71.8 Å². The first-order valence-corrected chi connectivity index (χ1v) is 37.0. The molecule has 0 radical (unpaired) electrons. The summed E-state index contributed by atoms with van der Waals surface area (Å²) < 4.78 is 91.4. The monoisotopic (exact) mass is 1560 g/mol. The quantitative estimate of drug-likeness (QED) is 0.0156. The maximum atomic E-state index is 14.2. The molecule has 37 nitrogen and oxygen atoms in total. The number of ether oxygens (including phenoxy) is 15. The predicted molar refractivity (Wildman–Crippen MR) is 380 cm³/mol. The third kappa shape index (κ3) is 30.1. The van der Waals surface area contributed by atoms with Crippen LogP contribution >= 0.6 is 0 Å². The predicted octanol–water partition coefficient (Wildman–Crippen LogP) is -2.63. The van der Waals surface area contributed by atoms with Crippen LogP contribution in [0, 0.1) is 23.2 Å². The van der Waals surface area contributed by atoms with Crippen molar-refractivity contribution in [1.82, 2.24) is 21.3 Å². The number of benzene rings is 2. The van der Waals surface area contributed by atoms with E-state index in [1.807, 2.05) is 6.92 Å². The number of rotatable bonds is 55. The molecule has 4 heterocycles. The minimum Gasteiger partial charge on any atom is -0.504 e. The number of aliphatic hydroxyl groups excluding tert-OH is 8. The fraction of sp³-hybridized carbons (Fsp3) is 0.750. The molecule has 1 aromatic rings. The second kappa shape index (κ2) is 49.4. The van der Waals surface area contributed by atoms with Crippen LogP contribution < -0.4 is 26.7 Å². The first-order valence-electron chi connectivity index (χ1n) is 37.0. The third-order valence-corrected chi connectivity index (χ3v) is 18.5. The topological polar surface area (TPSA) is 525 Å². The molecule has 16 atom stereocenters. The third-order valence-electron chi connectivity index (χ3n) is 18.5. The van der Waals surface area contributed by atoms with Gasteiger partial charge in [-0.05, 0) is 42.7 Å². The summed E-state index contributed by atoms with van der Waals surface area (Å²) in [7, 11) is 0. The molecule has 37 heteroatoms. The highest BCUT2D eigenvalue weighted by atomic mass is 16.7. The second-order valence-electron chi connectivity index (χ2n) is 26.8. The van der Waals surface area contributed by atoms with Crippen molar-refractivity contribution in [3.8, 4) is 28.6 Å². The van der Waals surface area contributed by atoms with Crippen molar-refractivity contribution in [2.24, 2.45) is 23.2 Å². The summed E-state index contributed by atoms with van der Waals surface area (Å²) >= 11 is 0. The van der Waals surface area contributed by atoms with Gasteiger partial charge in [0, 0.05) is 85.9 Å². The van der Waals surface area contributed by atoms with E-state index >= 15 is 0 Å². The zero-order chi connectivity index (χ0) is 79.3. The van der Waals surface area contributed by atoms with Crippen LogP contribution in [0.2, 0.25) is 0 Å². The molecule has 109 heavy (non-hydrogen) atoms. The molecule has 0 aromatic heterocycles. The maximum Gasteiger partial charge on any atom is 0.224 e. The Morgan fingerprint density at radius 2 is 0.835 bits per heavy atom. The number of aryl methyl sites for hydroxylation is 1. The number of hydrogen-bond donors (Lipinski definition) is 15. The smallest absolute Gasteiger partial charge is 0.224 e. The first kappa shape index (κ1) is 91.8. The number of carbonyl (C=O) groups excluding carboxylic acids is 5. The van der Waals surface area contributed by atoms with Crippen molar-refractivity contribution in [2.45, 2.75) is 146 Å². The molecule has 0 spiro atoms. The van der Waals surface area contributed by atoms with E-state index in [0.717, 1.165) is 6.07 Å². The summed E-state index contributed by atoms with van der Waals surface area (Å²) in [6.07, 6.45) is -12.4. The molecule has 6 rings (SSSR count). The molecule has 3 saturated heterocycles. The van der Waals surface area contributed by atoms with Crippen molar-refractivity contribution >= 4 is 40.4 Å². The number of aliphatic hydroxyl groups is 8. The van der Waals surface area contributed by atoms with Gasteiger partial charge in [0.05, 0.1) is 183 Å². The largest absolute Gasteiger partial charge is 0.504 e. The Morgan fingerprint density at radius 3 is 1.25 bits per heavy atom. The van der Waals surface area contributed by atoms with Gasteiger partial charge in [-0.2, -0.15) is 0 Å². The highest BCUT2D eigenvalue weighted by Crippen LogP contribution is 2.43. The van der Waals surface area contributed by atoms with E-state index in [-0.39, 0.29) is 219 Å². The molecule has 3 fully saturated rings. The number of ketones is 1. The van der Waals surface area contributed by atoms with Gasteiger partial charge >= 0.3 is 0 Å². The van der Waals surface area contributed by atoms with E-state index in [2.05, 4.69) is 21.3 Å². The Balaban J connectivity index is 1.00. The standard InChI is InChI=1S/C72H114N4O33/c1-5-52-64(91)59(86)43(2)69(106-52)103-33-30-97-27-24-94-21-15-73-56(83)12-18-100-40-72(41-101-19-13-57(84)74-16-22-95-25-28-98-31-34-104-70-44(3)60(87)65(92)53(38-77)107-70,42-102-20-14-58(85)75-17-23-96-26-29-99-32-35-105-71-45(4)61(88)66(93)54(39-78)108-71)36-46(79)37-76-55(82)11-8-47-48-6-9-50(80)62(89)67(48)109-68-49(47)7-10-51(81)63(68)90/h6-7,9-10,43-45,52-54,59-61,64-66,69-71,77-78,80,86-93H,5,8,11-42H2,1-4H3,(H,73,83)(H,74,84)(H,75,85)(H,76,82)/t43-,44-,45-,52-,53-,54-,59-,60-,61-,64+,65+,66+,69-,70-,71?,72?/m1/s1. The minimum absolute atomic E-state index is 0.0618. The molecule has 0 saturated carbocycles. The summed E-state index contributed by atoms with van der Waals surface area (Å²) in [6.45, 7) is 6.88. The molecular weight excluding hydrogens is 1450 g/mol. The Labute approximate surface area is 631 Å². The van der Waals surface area contributed by atoms with Gasteiger partial charge < -0.3 is 153 Å². The van der Waals surface area contributed by atoms with Crippen molar-refractivity contribution in [3.63, 3.8) is 0 Å². The minimum atomic E-state index is -1.38. The lowest BCUT2D eigenvalue weighted by atomic mass is 9.85. The van der Waals surface area contributed by atoms with Crippen molar-refractivity contribution < 1.29 is 156 Å². The van der Waals surface area contributed by atoms with E-state index in [0.29, 0.717) is 12.0 Å². The van der Waals surface area contributed by atoms with Gasteiger partial charge in [-0.25, -0.2) is 0 Å². The highest BCUT2D eigenvalue weighted by Gasteiger charge is 2.45. The summed E-state index contributed by atoms with van der Waals surface area (Å²) in [5.41, 5.74) is -1.79.